The number of nitrogens with zero attached hydrogens (tertiary/aromatic N) is 4. The Hall–Kier alpha value is -3.07. The van der Waals surface area contributed by atoms with Gasteiger partial charge < -0.3 is 5.32 Å². The third-order valence-electron chi connectivity index (χ3n) is 3.98. The van der Waals surface area contributed by atoms with E-state index in [2.05, 4.69) is 20.5 Å². The molecule has 9 heteroatoms. The van der Waals surface area contributed by atoms with Gasteiger partial charge in [0, 0.05) is 25.4 Å². The third-order valence-corrected chi connectivity index (χ3v) is 5.55. The third kappa shape index (κ3) is 3.87. The maximum absolute atomic E-state index is 12.9. The number of amides is 1. The van der Waals surface area contributed by atoms with Gasteiger partial charge >= 0.3 is 0 Å². The summed E-state index contributed by atoms with van der Waals surface area (Å²) < 4.78 is 27.4. The topological polar surface area (TPSA) is 107 Å². The van der Waals surface area contributed by atoms with Crippen molar-refractivity contribution in [3.8, 4) is 11.5 Å². The molecular weight excluding hydrogens is 366 g/mol. The molecule has 3 aromatic rings. The van der Waals surface area contributed by atoms with Crippen molar-refractivity contribution in [1.82, 2.24) is 25.1 Å². The van der Waals surface area contributed by atoms with E-state index in [1.807, 2.05) is 6.92 Å². The molecule has 2 aromatic heterocycles. The minimum atomic E-state index is -3.76. The van der Waals surface area contributed by atoms with Crippen LogP contribution in [0.25, 0.3) is 11.5 Å². The second-order valence-electron chi connectivity index (χ2n) is 5.80. The van der Waals surface area contributed by atoms with Crippen molar-refractivity contribution in [3.63, 3.8) is 0 Å². The second-order valence-corrected chi connectivity index (χ2v) is 7.69. The summed E-state index contributed by atoms with van der Waals surface area (Å²) in [6, 6.07) is 11.8. The molecule has 140 valence electrons. The monoisotopic (exact) mass is 385 g/mol. The van der Waals surface area contributed by atoms with Crippen molar-refractivity contribution < 1.29 is 13.2 Å². The van der Waals surface area contributed by atoms with Gasteiger partial charge in [-0.05, 0) is 36.8 Å². The average Bonchev–Trinajstić information content (AvgIpc) is 3.13. The molecule has 0 spiro atoms. The Morgan fingerprint density at radius 1 is 1.15 bits per heavy atom. The Labute approximate surface area is 157 Å². The number of rotatable bonds is 6. The van der Waals surface area contributed by atoms with E-state index in [0.717, 1.165) is 0 Å². The van der Waals surface area contributed by atoms with Crippen molar-refractivity contribution in [2.24, 2.45) is 0 Å². The van der Waals surface area contributed by atoms with Gasteiger partial charge in [0.05, 0.1) is 5.75 Å². The van der Waals surface area contributed by atoms with Gasteiger partial charge in [-0.2, -0.15) is 0 Å². The number of nitrogens with one attached hydrogen (secondary N) is 1. The number of pyridine rings is 1. The quantitative estimate of drug-likeness (QED) is 0.692. The van der Waals surface area contributed by atoms with Gasteiger partial charge in [0.15, 0.2) is 5.82 Å². The summed E-state index contributed by atoms with van der Waals surface area (Å²) in [7, 11) is -2.24. The molecule has 0 fully saturated rings. The van der Waals surface area contributed by atoms with Gasteiger partial charge in [-0.3, -0.25) is 14.3 Å². The van der Waals surface area contributed by atoms with Gasteiger partial charge in [0.1, 0.15) is 5.69 Å². The zero-order chi connectivity index (χ0) is 19.4. The largest absolute Gasteiger partial charge is 0.355 e. The van der Waals surface area contributed by atoms with Crippen LogP contribution in [-0.4, -0.2) is 41.1 Å². The van der Waals surface area contributed by atoms with E-state index in [0.29, 0.717) is 29.2 Å². The van der Waals surface area contributed by atoms with Gasteiger partial charge in [0.25, 0.3) is 5.91 Å². The van der Waals surface area contributed by atoms with Crippen LogP contribution in [0, 0.1) is 0 Å². The van der Waals surface area contributed by atoms with E-state index in [1.165, 1.54) is 11.6 Å². The number of sulfone groups is 1. The molecule has 0 unspecified atom stereocenters. The van der Waals surface area contributed by atoms with E-state index in [4.69, 9.17) is 0 Å². The highest BCUT2D eigenvalue weighted by Gasteiger charge is 2.25. The lowest BCUT2D eigenvalue weighted by atomic mass is 10.1. The zero-order valence-electron chi connectivity index (χ0n) is 15.0. The first-order valence-corrected chi connectivity index (χ1v) is 10.00. The number of hydrogen-bond acceptors (Lipinski definition) is 6. The highest BCUT2D eigenvalue weighted by molar-refractivity contribution is 7.90. The van der Waals surface area contributed by atoms with Gasteiger partial charge in [-0.1, -0.05) is 18.2 Å². The fraction of sp³-hybridized carbons (Fsp3) is 0.222. The number of benzene rings is 1. The highest BCUT2D eigenvalue weighted by atomic mass is 32.2. The first-order valence-electron chi connectivity index (χ1n) is 8.34. The van der Waals surface area contributed by atoms with Crippen LogP contribution in [0.15, 0.2) is 53.8 Å². The second kappa shape index (κ2) is 7.67. The molecule has 1 amide bonds. The maximum atomic E-state index is 12.9. The Bertz CT molecular complexity index is 1060. The van der Waals surface area contributed by atoms with Gasteiger partial charge in [0.2, 0.25) is 15.0 Å². The lowest BCUT2D eigenvalue weighted by Gasteiger charge is -2.09. The Balaban J connectivity index is 1.97. The summed E-state index contributed by atoms with van der Waals surface area (Å²) in [6.07, 6.45) is 1.61. The molecular formula is C18H19N5O3S. The number of aromatic nitrogens is 4. The summed E-state index contributed by atoms with van der Waals surface area (Å²) in [6.45, 7) is 2.20. The van der Waals surface area contributed by atoms with E-state index in [-0.39, 0.29) is 16.8 Å². The summed E-state index contributed by atoms with van der Waals surface area (Å²) in [5.41, 5.74) is 1.45. The molecule has 1 aromatic carbocycles. The van der Waals surface area contributed by atoms with E-state index >= 15 is 0 Å². The smallest absolute Gasteiger partial charge is 0.251 e. The molecule has 0 saturated carbocycles. The molecule has 0 aliphatic carbocycles. The number of hydrogen-bond donors (Lipinski definition) is 1. The average molecular weight is 385 g/mol. The van der Waals surface area contributed by atoms with Crippen LogP contribution in [0.3, 0.4) is 0 Å². The number of carbonyl (C=O) groups excluding carboxylic acids is 1. The van der Waals surface area contributed by atoms with Crippen LogP contribution >= 0.6 is 0 Å². The molecule has 1 N–H and O–H groups in total. The Kier molecular flexibility index (Phi) is 5.31. The van der Waals surface area contributed by atoms with Crippen LogP contribution in [-0.2, 0) is 22.1 Å². The van der Waals surface area contributed by atoms with Crippen LogP contribution in [0.4, 0.5) is 0 Å². The van der Waals surface area contributed by atoms with E-state index in [9.17, 15) is 13.2 Å². The Morgan fingerprint density at radius 3 is 2.63 bits per heavy atom. The normalized spacial score (nSPS) is 11.3. The minimum Gasteiger partial charge on any atom is -0.355 e. The van der Waals surface area contributed by atoms with Crippen LogP contribution in [0.2, 0.25) is 0 Å². The standard InChI is InChI=1S/C18H19N5O3S/c1-3-23-16(15-9-4-5-10-20-15)21-22-18(23)27(25,26)12-13-7-6-8-14(11-13)17(24)19-2/h4-11H,3,12H2,1-2H3,(H,19,24). The molecule has 0 atom stereocenters. The first-order chi connectivity index (χ1) is 13.0. The van der Waals surface area contributed by atoms with Gasteiger partial charge in [-0.15, -0.1) is 10.2 Å². The lowest BCUT2D eigenvalue weighted by molar-refractivity contribution is 0.0963. The van der Waals surface area contributed by atoms with Gasteiger partial charge in [-0.25, -0.2) is 8.42 Å². The molecule has 0 radical (unpaired) electrons. The van der Waals surface area contributed by atoms with E-state index in [1.54, 1.807) is 48.7 Å². The lowest BCUT2D eigenvalue weighted by Crippen LogP contribution is -2.18. The van der Waals surface area contributed by atoms with Crippen molar-refractivity contribution in [2.75, 3.05) is 7.05 Å². The van der Waals surface area contributed by atoms with Crippen molar-refractivity contribution in [3.05, 3.63) is 59.8 Å². The molecule has 3 rings (SSSR count). The fourth-order valence-electron chi connectivity index (χ4n) is 2.72. The Morgan fingerprint density at radius 2 is 1.96 bits per heavy atom. The SMILES string of the molecule is CCn1c(-c2ccccn2)nnc1S(=O)(=O)Cc1cccc(C(=O)NC)c1. The summed E-state index contributed by atoms with van der Waals surface area (Å²) in [4.78, 5) is 16.0. The zero-order valence-corrected chi connectivity index (χ0v) is 15.8. The molecule has 8 nitrogen and oxygen atoms in total. The summed E-state index contributed by atoms with van der Waals surface area (Å²) >= 11 is 0. The summed E-state index contributed by atoms with van der Waals surface area (Å²) in [5.74, 6) is -0.155. The molecule has 0 bridgehead atoms. The van der Waals surface area contributed by atoms with Crippen molar-refractivity contribution in [1.29, 1.82) is 0 Å². The molecule has 0 aliphatic rings. The first kappa shape index (κ1) is 18.7. The molecule has 0 saturated heterocycles. The molecule has 27 heavy (non-hydrogen) atoms. The fourth-order valence-corrected chi connectivity index (χ4v) is 4.18. The number of carbonyl (C=O) groups is 1. The highest BCUT2D eigenvalue weighted by Crippen LogP contribution is 2.21. The molecule has 2 heterocycles. The van der Waals surface area contributed by atoms with Crippen molar-refractivity contribution in [2.45, 2.75) is 24.4 Å². The van der Waals surface area contributed by atoms with Crippen LogP contribution < -0.4 is 5.32 Å². The predicted molar refractivity (Wildman–Crippen MR) is 99.6 cm³/mol. The minimum absolute atomic E-state index is 0.115. The molecule has 0 aliphatic heterocycles. The van der Waals surface area contributed by atoms with Crippen LogP contribution in [0.1, 0.15) is 22.8 Å². The van der Waals surface area contributed by atoms with Crippen molar-refractivity contribution >= 4 is 15.7 Å². The summed E-state index contributed by atoms with van der Waals surface area (Å²) in [5, 5.41) is 10.3. The predicted octanol–water partition coefficient (Wildman–Crippen LogP) is 1.69. The van der Waals surface area contributed by atoms with Crippen LogP contribution in [0.5, 0.6) is 0 Å². The maximum Gasteiger partial charge on any atom is 0.251 e. The van der Waals surface area contributed by atoms with E-state index < -0.39 is 9.84 Å².